The van der Waals surface area contributed by atoms with E-state index in [1.165, 1.54) is 13.0 Å². The molecule has 1 aromatic heterocycles. The fraction of sp³-hybridized carbons (Fsp3) is 0.211. The van der Waals surface area contributed by atoms with E-state index in [0.717, 1.165) is 47.3 Å². The summed E-state index contributed by atoms with van der Waals surface area (Å²) in [5.41, 5.74) is -1.68. The summed E-state index contributed by atoms with van der Waals surface area (Å²) in [6.45, 7) is 1.21. The molecule has 4 nitrogen and oxygen atoms in total. The van der Waals surface area contributed by atoms with Gasteiger partial charge < -0.3 is 0 Å². The topological polar surface area (TPSA) is 52.0 Å². The first-order chi connectivity index (χ1) is 13.8. The molecule has 0 saturated heterocycles. The number of hydrogen-bond donors (Lipinski definition) is 0. The second kappa shape index (κ2) is 7.46. The number of rotatable bonds is 4. The second-order valence-electron chi connectivity index (χ2n) is 6.58. The van der Waals surface area contributed by atoms with Gasteiger partial charge in [-0.25, -0.2) is 26.3 Å². The molecule has 11 heteroatoms. The van der Waals surface area contributed by atoms with Crippen molar-refractivity contribution in [3.05, 3.63) is 65.1 Å². The van der Waals surface area contributed by atoms with Crippen molar-refractivity contribution in [2.24, 2.45) is 0 Å². The van der Waals surface area contributed by atoms with Gasteiger partial charge >= 0.3 is 6.18 Å². The van der Waals surface area contributed by atoms with Crippen molar-refractivity contribution in [1.82, 2.24) is 9.78 Å². The average molecular weight is 448 g/mol. The van der Waals surface area contributed by atoms with Crippen LogP contribution in [0.1, 0.15) is 23.2 Å². The van der Waals surface area contributed by atoms with Crippen LogP contribution in [0.4, 0.5) is 26.3 Å². The third kappa shape index (κ3) is 4.20. The lowest BCUT2D eigenvalue weighted by Gasteiger charge is -2.13. The van der Waals surface area contributed by atoms with Gasteiger partial charge in [0.2, 0.25) is 0 Å². The molecule has 0 aliphatic heterocycles. The fourth-order valence-corrected chi connectivity index (χ4v) is 3.70. The van der Waals surface area contributed by atoms with Gasteiger partial charge in [0.25, 0.3) is 6.43 Å². The molecule has 0 unspecified atom stereocenters. The van der Waals surface area contributed by atoms with Gasteiger partial charge in [-0.05, 0) is 48.9 Å². The van der Waals surface area contributed by atoms with Crippen LogP contribution in [-0.2, 0) is 16.0 Å². The minimum atomic E-state index is -4.59. The predicted molar refractivity (Wildman–Crippen MR) is 96.8 cm³/mol. The minimum absolute atomic E-state index is 0.0249. The summed E-state index contributed by atoms with van der Waals surface area (Å²) in [6.07, 6.45) is -6.76. The molecule has 0 atom stereocenters. The Morgan fingerprint density at radius 2 is 1.70 bits per heavy atom. The van der Waals surface area contributed by atoms with Gasteiger partial charge in [0.15, 0.2) is 9.84 Å². The molecule has 2 aromatic carbocycles. The normalized spacial score (nSPS) is 12.6. The van der Waals surface area contributed by atoms with Gasteiger partial charge in [-0.3, -0.25) is 0 Å². The zero-order valence-corrected chi connectivity index (χ0v) is 16.3. The molecule has 0 saturated carbocycles. The number of hydrogen-bond acceptors (Lipinski definition) is 3. The Balaban J connectivity index is 2.19. The number of nitrogens with zero attached hydrogens (tertiary/aromatic N) is 2. The number of benzene rings is 2. The first-order valence-electron chi connectivity index (χ1n) is 8.35. The maximum absolute atomic E-state index is 14.3. The second-order valence-corrected chi connectivity index (χ2v) is 8.57. The number of halogens is 6. The van der Waals surface area contributed by atoms with Crippen molar-refractivity contribution < 1.29 is 34.8 Å². The van der Waals surface area contributed by atoms with E-state index in [2.05, 4.69) is 5.10 Å². The van der Waals surface area contributed by atoms with E-state index in [1.54, 1.807) is 0 Å². The standard InChI is InChI=1S/C19H14F6N2O2S/c1-10-7-12(4-5-13(10)19(23,24)25)27-16(9-15(26-27)18(21)22)11-3-6-17(14(20)8-11)30(2,28)29/h3-9,18H,1-2H3. The van der Waals surface area contributed by atoms with Crippen molar-refractivity contribution in [2.75, 3.05) is 6.26 Å². The summed E-state index contributed by atoms with van der Waals surface area (Å²) in [7, 11) is -3.85. The quantitative estimate of drug-likeness (QED) is 0.506. The zero-order chi connectivity index (χ0) is 22.4. The lowest BCUT2D eigenvalue weighted by molar-refractivity contribution is -0.138. The molecule has 0 aliphatic rings. The van der Waals surface area contributed by atoms with Gasteiger partial charge in [0, 0.05) is 11.8 Å². The average Bonchev–Trinajstić information content (AvgIpc) is 3.05. The highest BCUT2D eigenvalue weighted by molar-refractivity contribution is 7.90. The molecule has 0 amide bonds. The largest absolute Gasteiger partial charge is 0.416 e. The van der Waals surface area contributed by atoms with Crippen LogP contribution in [0.5, 0.6) is 0 Å². The number of aryl methyl sites for hydroxylation is 1. The highest BCUT2D eigenvalue weighted by atomic mass is 32.2. The Hall–Kier alpha value is -2.82. The van der Waals surface area contributed by atoms with Gasteiger partial charge in [-0.15, -0.1) is 0 Å². The summed E-state index contributed by atoms with van der Waals surface area (Å²) >= 11 is 0. The molecule has 160 valence electrons. The Morgan fingerprint density at radius 1 is 1.03 bits per heavy atom. The molecule has 0 radical (unpaired) electrons. The number of sulfone groups is 1. The summed E-state index contributed by atoms with van der Waals surface area (Å²) in [4.78, 5) is -0.572. The molecule has 0 bridgehead atoms. The smallest absolute Gasteiger partial charge is 0.233 e. The van der Waals surface area contributed by atoms with E-state index in [9.17, 15) is 34.8 Å². The van der Waals surface area contributed by atoms with Crippen LogP contribution >= 0.6 is 0 Å². The van der Waals surface area contributed by atoms with Gasteiger partial charge in [0.05, 0.1) is 16.9 Å². The third-order valence-corrected chi connectivity index (χ3v) is 5.47. The summed E-state index contributed by atoms with van der Waals surface area (Å²) in [5, 5.41) is 3.73. The molecule has 0 fully saturated rings. The van der Waals surface area contributed by atoms with E-state index >= 15 is 0 Å². The number of aromatic nitrogens is 2. The van der Waals surface area contributed by atoms with E-state index < -0.39 is 44.4 Å². The summed E-state index contributed by atoms with van der Waals surface area (Å²) in [5.74, 6) is -1.09. The highest BCUT2D eigenvalue weighted by Gasteiger charge is 2.32. The molecule has 0 N–H and O–H groups in total. The van der Waals surface area contributed by atoms with Crippen LogP contribution in [-0.4, -0.2) is 24.5 Å². The molecular formula is C19H14F6N2O2S. The summed E-state index contributed by atoms with van der Waals surface area (Å²) < 4.78 is 104. The van der Waals surface area contributed by atoms with Crippen molar-refractivity contribution in [3.63, 3.8) is 0 Å². The molecule has 0 aliphatic carbocycles. The highest BCUT2D eigenvalue weighted by Crippen LogP contribution is 2.34. The monoisotopic (exact) mass is 448 g/mol. The molecule has 0 spiro atoms. The number of alkyl halides is 5. The van der Waals surface area contributed by atoms with Crippen LogP contribution in [0.2, 0.25) is 0 Å². The van der Waals surface area contributed by atoms with E-state index in [1.807, 2.05) is 0 Å². The molecule has 3 aromatic rings. The maximum Gasteiger partial charge on any atom is 0.416 e. The molecule has 30 heavy (non-hydrogen) atoms. The van der Waals surface area contributed by atoms with Gasteiger partial charge in [0.1, 0.15) is 16.4 Å². The van der Waals surface area contributed by atoms with Gasteiger partial charge in [-0.2, -0.15) is 18.3 Å². The fourth-order valence-electron chi connectivity index (χ4n) is 2.97. The lowest BCUT2D eigenvalue weighted by Crippen LogP contribution is -2.09. The van der Waals surface area contributed by atoms with Gasteiger partial charge in [-0.1, -0.05) is 6.07 Å². The first kappa shape index (κ1) is 21.9. The minimum Gasteiger partial charge on any atom is -0.233 e. The third-order valence-electron chi connectivity index (χ3n) is 4.34. The van der Waals surface area contributed by atoms with Crippen LogP contribution in [0.25, 0.3) is 16.9 Å². The van der Waals surface area contributed by atoms with Crippen LogP contribution < -0.4 is 0 Å². The Kier molecular flexibility index (Phi) is 5.44. The van der Waals surface area contributed by atoms with Crippen molar-refractivity contribution in [2.45, 2.75) is 24.4 Å². The molecular weight excluding hydrogens is 434 g/mol. The van der Waals surface area contributed by atoms with E-state index in [0.29, 0.717) is 0 Å². The lowest BCUT2D eigenvalue weighted by atomic mass is 10.1. The Morgan fingerprint density at radius 3 is 2.20 bits per heavy atom. The van der Waals surface area contributed by atoms with E-state index in [4.69, 9.17) is 0 Å². The Bertz CT molecular complexity index is 1220. The first-order valence-corrected chi connectivity index (χ1v) is 10.2. The maximum atomic E-state index is 14.3. The van der Waals surface area contributed by atoms with Crippen molar-refractivity contribution in [3.8, 4) is 16.9 Å². The summed E-state index contributed by atoms with van der Waals surface area (Å²) in [6, 6.07) is 6.98. The molecule has 3 rings (SSSR count). The predicted octanol–water partition coefficient (Wildman–Crippen LogP) is 5.35. The molecule has 1 heterocycles. The van der Waals surface area contributed by atoms with Crippen LogP contribution in [0, 0.1) is 12.7 Å². The van der Waals surface area contributed by atoms with Crippen LogP contribution in [0.15, 0.2) is 47.4 Å². The van der Waals surface area contributed by atoms with Crippen molar-refractivity contribution >= 4 is 9.84 Å². The SMILES string of the molecule is Cc1cc(-n2nc(C(F)F)cc2-c2ccc(S(C)(=O)=O)c(F)c2)ccc1C(F)(F)F. The van der Waals surface area contributed by atoms with Crippen molar-refractivity contribution in [1.29, 1.82) is 0 Å². The zero-order valence-electron chi connectivity index (χ0n) is 15.5. The van der Waals surface area contributed by atoms with E-state index in [-0.39, 0.29) is 22.5 Å². The van der Waals surface area contributed by atoms with Crippen LogP contribution in [0.3, 0.4) is 0 Å². The Labute approximate surface area is 167 Å².